The summed E-state index contributed by atoms with van der Waals surface area (Å²) in [5.74, 6) is 0.677. The number of rotatable bonds is 8. The van der Waals surface area contributed by atoms with Crippen LogP contribution in [-0.4, -0.2) is 28.4 Å². The van der Waals surface area contributed by atoms with Gasteiger partial charge in [-0.2, -0.15) is 0 Å². The summed E-state index contributed by atoms with van der Waals surface area (Å²) in [5.41, 5.74) is 1.36. The van der Waals surface area contributed by atoms with Crippen molar-refractivity contribution in [3.8, 4) is 0 Å². The Morgan fingerprint density at radius 2 is 1.92 bits per heavy atom. The van der Waals surface area contributed by atoms with Gasteiger partial charge in [-0.15, -0.1) is 0 Å². The van der Waals surface area contributed by atoms with Crippen LogP contribution >= 0.6 is 23.2 Å². The number of nitrogens with one attached hydrogen (secondary N) is 1. The van der Waals surface area contributed by atoms with Crippen molar-refractivity contribution in [1.82, 2.24) is 15.2 Å². The van der Waals surface area contributed by atoms with Crippen molar-refractivity contribution in [3.63, 3.8) is 0 Å². The highest BCUT2D eigenvalue weighted by Gasteiger charge is 2.17. The second-order valence-corrected chi connectivity index (χ2v) is 7.79. The fourth-order valence-electron chi connectivity index (χ4n) is 2.34. The van der Waals surface area contributed by atoms with E-state index in [0.29, 0.717) is 47.2 Å². The second-order valence-electron chi connectivity index (χ2n) is 6.98. The molecule has 7 heteroatoms. The van der Waals surface area contributed by atoms with E-state index in [1.165, 1.54) is 6.26 Å². The highest BCUT2D eigenvalue weighted by molar-refractivity contribution is 6.42. The molecule has 0 fully saturated rings. The first kappa shape index (κ1) is 20.7. The van der Waals surface area contributed by atoms with Gasteiger partial charge in [0.15, 0.2) is 5.69 Å². The number of carbonyl (C=O) groups excluding carboxylic acids is 1. The largest absolute Gasteiger partial charge is 0.447 e. The van der Waals surface area contributed by atoms with Gasteiger partial charge in [-0.3, -0.25) is 9.69 Å². The van der Waals surface area contributed by atoms with Crippen molar-refractivity contribution in [3.05, 3.63) is 51.7 Å². The van der Waals surface area contributed by atoms with Gasteiger partial charge in [-0.25, -0.2) is 4.98 Å². The van der Waals surface area contributed by atoms with Crippen molar-refractivity contribution in [2.45, 2.75) is 46.8 Å². The van der Waals surface area contributed by atoms with E-state index in [2.05, 4.69) is 29.0 Å². The third-order valence-electron chi connectivity index (χ3n) is 3.89. The average molecular weight is 398 g/mol. The minimum absolute atomic E-state index is 0.214. The molecule has 2 aromatic rings. The fourth-order valence-corrected chi connectivity index (χ4v) is 2.66. The molecule has 26 heavy (non-hydrogen) atoms. The lowest BCUT2D eigenvalue weighted by Gasteiger charge is -2.25. The first-order valence-electron chi connectivity index (χ1n) is 8.66. The molecule has 1 N–H and O–H groups in total. The molecule has 0 unspecified atom stereocenters. The Morgan fingerprint density at radius 1 is 1.19 bits per heavy atom. The molecule has 0 atom stereocenters. The van der Waals surface area contributed by atoms with Crippen LogP contribution in [0.4, 0.5) is 0 Å². The predicted molar refractivity (Wildman–Crippen MR) is 105 cm³/mol. The highest BCUT2D eigenvalue weighted by atomic mass is 35.5. The SMILES string of the molecule is CC(C)CNC(=O)c1coc(CN(Cc2ccc(Cl)c(Cl)c2)C(C)C)n1. The van der Waals surface area contributed by atoms with E-state index in [0.717, 1.165) is 5.56 Å². The van der Waals surface area contributed by atoms with E-state index in [9.17, 15) is 4.79 Å². The molecule has 0 radical (unpaired) electrons. The Morgan fingerprint density at radius 3 is 2.54 bits per heavy atom. The number of halogens is 2. The number of oxazole rings is 1. The van der Waals surface area contributed by atoms with Gasteiger partial charge in [-0.05, 0) is 37.5 Å². The summed E-state index contributed by atoms with van der Waals surface area (Å²) in [6.45, 7) is 10.0. The van der Waals surface area contributed by atoms with Gasteiger partial charge < -0.3 is 9.73 Å². The van der Waals surface area contributed by atoms with Gasteiger partial charge in [0, 0.05) is 19.1 Å². The number of hydrogen-bond donors (Lipinski definition) is 1. The van der Waals surface area contributed by atoms with Gasteiger partial charge in [0.2, 0.25) is 5.89 Å². The number of aromatic nitrogens is 1. The lowest BCUT2D eigenvalue weighted by Crippen LogP contribution is -2.30. The molecule has 2 rings (SSSR count). The Bertz CT molecular complexity index is 744. The first-order valence-corrected chi connectivity index (χ1v) is 9.42. The molecule has 5 nitrogen and oxygen atoms in total. The van der Waals surface area contributed by atoms with Crippen LogP contribution in [0.15, 0.2) is 28.9 Å². The quantitative estimate of drug-likeness (QED) is 0.696. The van der Waals surface area contributed by atoms with E-state index in [-0.39, 0.29) is 11.9 Å². The van der Waals surface area contributed by atoms with Gasteiger partial charge in [0.25, 0.3) is 5.91 Å². The van der Waals surface area contributed by atoms with Crippen molar-refractivity contribution in [2.24, 2.45) is 5.92 Å². The van der Waals surface area contributed by atoms with Crippen molar-refractivity contribution in [2.75, 3.05) is 6.54 Å². The molecule has 0 aliphatic heterocycles. The molecular formula is C19H25Cl2N3O2. The molecule has 0 saturated heterocycles. The normalized spacial score (nSPS) is 11.6. The van der Waals surface area contributed by atoms with Crippen LogP contribution in [0.25, 0.3) is 0 Å². The lowest BCUT2D eigenvalue weighted by atomic mass is 10.2. The van der Waals surface area contributed by atoms with Crippen LogP contribution in [0.5, 0.6) is 0 Å². The average Bonchev–Trinajstić information content (AvgIpc) is 3.04. The molecule has 1 amide bonds. The summed E-state index contributed by atoms with van der Waals surface area (Å²) in [6.07, 6.45) is 1.41. The number of amides is 1. The minimum Gasteiger partial charge on any atom is -0.447 e. The molecule has 0 aliphatic rings. The van der Waals surface area contributed by atoms with E-state index in [4.69, 9.17) is 27.6 Å². The summed E-state index contributed by atoms with van der Waals surface area (Å²) in [5, 5.41) is 3.91. The molecule has 142 valence electrons. The molecular weight excluding hydrogens is 373 g/mol. The molecule has 0 aliphatic carbocycles. The maximum Gasteiger partial charge on any atom is 0.273 e. The zero-order valence-corrected chi connectivity index (χ0v) is 17.1. The molecule has 1 aromatic heterocycles. The Balaban J connectivity index is 2.03. The zero-order valence-electron chi connectivity index (χ0n) is 15.6. The second kappa shape index (κ2) is 9.40. The van der Waals surface area contributed by atoms with Crippen molar-refractivity contribution < 1.29 is 9.21 Å². The standard InChI is InChI=1S/C19H25Cl2N3O2/c1-12(2)8-22-19(25)17-11-26-18(23-17)10-24(13(3)4)9-14-5-6-15(20)16(21)7-14/h5-7,11-13H,8-10H2,1-4H3,(H,22,25). The number of benzene rings is 1. The lowest BCUT2D eigenvalue weighted by molar-refractivity contribution is 0.0944. The maximum absolute atomic E-state index is 12.1. The van der Waals surface area contributed by atoms with E-state index in [1.54, 1.807) is 6.07 Å². The van der Waals surface area contributed by atoms with E-state index in [1.807, 2.05) is 26.0 Å². The molecule has 0 saturated carbocycles. The molecule has 0 bridgehead atoms. The maximum atomic E-state index is 12.1. The first-order chi connectivity index (χ1) is 12.3. The van der Waals surface area contributed by atoms with E-state index < -0.39 is 0 Å². The van der Waals surface area contributed by atoms with Crippen LogP contribution < -0.4 is 5.32 Å². The summed E-state index contributed by atoms with van der Waals surface area (Å²) in [6, 6.07) is 5.86. The summed E-state index contributed by atoms with van der Waals surface area (Å²) >= 11 is 12.1. The van der Waals surface area contributed by atoms with Crippen LogP contribution in [-0.2, 0) is 13.1 Å². The van der Waals surface area contributed by atoms with Crippen LogP contribution in [0.1, 0.15) is 49.6 Å². The van der Waals surface area contributed by atoms with Crippen molar-refractivity contribution >= 4 is 29.1 Å². The Hall–Kier alpha value is -1.56. The number of carbonyl (C=O) groups is 1. The smallest absolute Gasteiger partial charge is 0.273 e. The van der Waals surface area contributed by atoms with Crippen molar-refractivity contribution in [1.29, 1.82) is 0 Å². The highest BCUT2D eigenvalue weighted by Crippen LogP contribution is 2.24. The van der Waals surface area contributed by atoms with E-state index >= 15 is 0 Å². The minimum atomic E-state index is -0.214. The summed E-state index contributed by atoms with van der Waals surface area (Å²) in [7, 11) is 0. The topological polar surface area (TPSA) is 58.4 Å². The monoisotopic (exact) mass is 397 g/mol. The molecule has 0 spiro atoms. The van der Waals surface area contributed by atoms with Gasteiger partial charge in [0.05, 0.1) is 16.6 Å². The molecule has 1 aromatic carbocycles. The fraction of sp³-hybridized carbons (Fsp3) is 0.474. The summed E-state index contributed by atoms with van der Waals surface area (Å²) < 4.78 is 5.49. The number of nitrogens with zero attached hydrogens (tertiary/aromatic N) is 2. The zero-order chi connectivity index (χ0) is 19.3. The van der Waals surface area contributed by atoms with Crippen LogP contribution in [0.3, 0.4) is 0 Å². The van der Waals surface area contributed by atoms with Gasteiger partial charge in [-0.1, -0.05) is 43.1 Å². The van der Waals surface area contributed by atoms with Crippen LogP contribution in [0, 0.1) is 5.92 Å². The van der Waals surface area contributed by atoms with Gasteiger partial charge >= 0.3 is 0 Å². The van der Waals surface area contributed by atoms with Gasteiger partial charge in [0.1, 0.15) is 6.26 Å². The predicted octanol–water partition coefficient (Wildman–Crippen LogP) is 4.78. The summed E-state index contributed by atoms with van der Waals surface area (Å²) in [4.78, 5) is 18.6. The molecule has 1 heterocycles. The third-order valence-corrected chi connectivity index (χ3v) is 4.63. The number of hydrogen-bond acceptors (Lipinski definition) is 4. The third kappa shape index (κ3) is 6.01. The Labute approximate surface area is 164 Å². The Kier molecular flexibility index (Phi) is 7.50. The van der Waals surface area contributed by atoms with Crippen LogP contribution in [0.2, 0.25) is 10.0 Å².